The van der Waals surface area contributed by atoms with Crippen molar-refractivity contribution in [3.63, 3.8) is 0 Å². The van der Waals surface area contributed by atoms with Crippen LogP contribution < -0.4 is 0 Å². The standard InChI is InChI=1S/C15H30N2O/c1-6-17-11-7-13(8-12-17)16(5)10-9-14(18)15(2,3)4/h13H,6-12H2,1-5H3. The summed E-state index contributed by atoms with van der Waals surface area (Å²) in [5.74, 6) is 0.375. The van der Waals surface area contributed by atoms with Crippen LogP contribution in [0, 0.1) is 5.41 Å². The first-order valence-corrected chi connectivity index (χ1v) is 7.30. The number of hydrogen-bond acceptors (Lipinski definition) is 3. The van der Waals surface area contributed by atoms with Gasteiger partial charge in [-0.25, -0.2) is 0 Å². The minimum Gasteiger partial charge on any atom is -0.303 e. The van der Waals surface area contributed by atoms with Crippen molar-refractivity contribution < 1.29 is 4.79 Å². The summed E-state index contributed by atoms with van der Waals surface area (Å²) in [6.45, 7) is 12.7. The number of carbonyl (C=O) groups excluding carboxylic acids is 1. The molecule has 3 nitrogen and oxygen atoms in total. The molecule has 0 bridgehead atoms. The third-order valence-electron chi connectivity index (χ3n) is 4.16. The topological polar surface area (TPSA) is 23.6 Å². The molecule has 1 saturated heterocycles. The zero-order valence-corrected chi connectivity index (χ0v) is 12.8. The molecular formula is C15H30N2O. The SMILES string of the molecule is CCN1CCC(N(C)CCC(=O)C(C)(C)C)CC1. The van der Waals surface area contributed by atoms with Crippen molar-refractivity contribution in [2.45, 2.75) is 53.0 Å². The molecule has 1 heterocycles. The van der Waals surface area contributed by atoms with Gasteiger partial charge in [0, 0.05) is 24.4 Å². The summed E-state index contributed by atoms with van der Waals surface area (Å²) in [6.07, 6.45) is 3.18. The molecule has 106 valence electrons. The second-order valence-corrected chi connectivity index (χ2v) is 6.57. The van der Waals surface area contributed by atoms with Gasteiger partial charge in [0.25, 0.3) is 0 Å². The Labute approximate surface area is 113 Å². The summed E-state index contributed by atoms with van der Waals surface area (Å²) < 4.78 is 0. The Morgan fingerprint density at radius 3 is 2.28 bits per heavy atom. The third kappa shape index (κ3) is 4.69. The highest BCUT2D eigenvalue weighted by Gasteiger charge is 2.24. The fraction of sp³-hybridized carbons (Fsp3) is 0.933. The Kier molecular flexibility index (Phi) is 5.80. The maximum atomic E-state index is 11.9. The molecule has 0 saturated carbocycles. The highest BCUT2D eigenvalue weighted by atomic mass is 16.1. The largest absolute Gasteiger partial charge is 0.303 e. The van der Waals surface area contributed by atoms with Crippen LogP contribution in [0.2, 0.25) is 0 Å². The van der Waals surface area contributed by atoms with Gasteiger partial charge in [0.05, 0.1) is 0 Å². The Hall–Kier alpha value is -0.410. The Bertz CT molecular complexity index is 262. The molecular weight excluding hydrogens is 224 g/mol. The average Bonchev–Trinajstić information content (AvgIpc) is 2.34. The minimum atomic E-state index is -0.188. The molecule has 0 aromatic heterocycles. The molecule has 0 amide bonds. The zero-order valence-electron chi connectivity index (χ0n) is 12.8. The molecule has 0 aromatic rings. The van der Waals surface area contributed by atoms with E-state index in [0.717, 1.165) is 6.54 Å². The van der Waals surface area contributed by atoms with E-state index >= 15 is 0 Å². The van der Waals surface area contributed by atoms with Gasteiger partial charge < -0.3 is 9.80 Å². The van der Waals surface area contributed by atoms with Gasteiger partial charge in [0.15, 0.2) is 0 Å². The summed E-state index contributed by atoms with van der Waals surface area (Å²) in [6, 6.07) is 0.667. The van der Waals surface area contributed by atoms with Crippen molar-refractivity contribution >= 4 is 5.78 Å². The average molecular weight is 254 g/mol. The van der Waals surface area contributed by atoms with Gasteiger partial charge in [0.1, 0.15) is 5.78 Å². The fourth-order valence-corrected chi connectivity index (χ4v) is 2.51. The molecule has 0 unspecified atom stereocenters. The molecule has 3 heteroatoms. The maximum absolute atomic E-state index is 11.9. The number of likely N-dealkylation sites (tertiary alicyclic amines) is 1. The number of Topliss-reactive ketones (excluding diaryl/α,β-unsaturated/α-hetero) is 1. The lowest BCUT2D eigenvalue weighted by atomic mass is 9.89. The van der Waals surface area contributed by atoms with Crippen LogP contribution in [0.1, 0.15) is 47.0 Å². The van der Waals surface area contributed by atoms with Crippen LogP contribution in [-0.4, -0.2) is 54.9 Å². The predicted octanol–water partition coefficient (Wildman–Crippen LogP) is 2.41. The number of hydrogen-bond donors (Lipinski definition) is 0. The summed E-state index contributed by atoms with van der Waals surface area (Å²) in [5.41, 5.74) is -0.188. The molecule has 0 aliphatic carbocycles. The van der Waals surface area contributed by atoms with Crippen LogP contribution in [-0.2, 0) is 4.79 Å². The maximum Gasteiger partial charge on any atom is 0.139 e. The van der Waals surface area contributed by atoms with Gasteiger partial charge in [-0.05, 0) is 39.5 Å². The molecule has 0 radical (unpaired) electrons. The lowest BCUT2D eigenvalue weighted by molar-refractivity contribution is -0.126. The molecule has 0 N–H and O–H groups in total. The van der Waals surface area contributed by atoms with Gasteiger partial charge >= 0.3 is 0 Å². The molecule has 0 atom stereocenters. The molecule has 0 spiro atoms. The molecule has 18 heavy (non-hydrogen) atoms. The zero-order chi connectivity index (χ0) is 13.8. The smallest absolute Gasteiger partial charge is 0.139 e. The van der Waals surface area contributed by atoms with E-state index in [-0.39, 0.29) is 5.41 Å². The summed E-state index contributed by atoms with van der Waals surface area (Å²) in [7, 11) is 2.17. The highest BCUT2D eigenvalue weighted by molar-refractivity contribution is 5.83. The first kappa shape index (κ1) is 15.6. The Balaban J connectivity index is 2.29. The lowest BCUT2D eigenvalue weighted by Gasteiger charge is -2.36. The van der Waals surface area contributed by atoms with E-state index in [1.54, 1.807) is 0 Å². The fourth-order valence-electron chi connectivity index (χ4n) is 2.51. The van der Waals surface area contributed by atoms with E-state index in [1.165, 1.54) is 32.5 Å². The summed E-state index contributed by atoms with van der Waals surface area (Å²) in [5, 5.41) is 0. The second kappa shape index (κ2) is 6.67. The molecule has 0 aromatic carbocycles. The normalized spacial score (nSPS) is 19.4. The first-order chi connectivity index (χ1) is 8.34. The Morgan fingerprint density at radius 1 is 1.28 bits per heavy atom. The minimum absolute atomic E-state index is 0.188. The van der Waals surface area contributed by atoms with Crippen LogP contribution in [0.4, 0.5) is 0 Å². The number of rotatable bonds is 5. The van der Waals surface area contributed by atoms with E-state index in [0.29, 0.717) is 18.2 Å². The van der Waals surface area contributed by atoms with Crippen molar-refractivity contribution in [2.75, 3.05) is 33.2 Å². The molecule has 1 rings (SSSR count). The van der Waals surface area contributed by atoms with Crippen molar-refractivity contribution in [1.82, 2.24) is 9.80 Å². The lowest BCUT2D eigenvalue weighted by Crippen LogP contribution is -2.44. The second-order valence-electron chi connectivity index (χ2n) is 6.57. The highest BCUT2D eigenvalue weighted by Crippen LogP contribution is 2.19. The number of piperidine rings is 1. The van der Waals surface area contributed by atoms with Gasteiger partial charge in [0.2, 0.25) is 0 Å². The number of carbonyl (C=O) groups is 1. The van der Waals surface area contributed by atoms with E-state index in [9.17, 15) is 4.79 Å². The van der Waals surface area contributed by atoms with Crippen LogP contribution >= 0.6 is 0 Å². The van der Waals surface area contributed by atoms with Crippen molar-refractivity contribution in [3.8, 4) is 0 Å². The molecule has 1 aliphatic heterocycles. The van der Waals surface area contributed by atoms with Crippen LogP contribution in [0.5, 0.6) is 0 Å². The predicted molar refractivity (Wildman–Crippen MR) is 76.8 cm³/mol. The summed E-state index contributed by atoms with van der Waals surface area (Å²) in [4.78, 5) is 16.8. The number of nitrogens with zero attached hydrogens (tertiary/aromatic N) is 2. The Morgan fingerprint density at radius 2 is 1.83 bits per heavy atom. The van der Waals surface area contributed by atoms with Gasteiger partial charge in [-0.1, -0.05) is 27.7 Å². The summed E-state index contributed by atoms with van der Waals surface area (Å²) >= 11 is 0. The third-order valence-corrected chi connectivity index (χ3v) is 4.16. The van der Waals surface area contributed by atoms with E-state index in [1.807, 2.05) is 20.8 Å². The van der Waals surface area contributed by atoms with E-state index in [4.69, 9.17) is 0 Å². The molecule has 1 aliphatic rings. The molecule has 1 fully saturated rings. The van der Waals surface area contributed by atoms with Gasteiger partial charge in [-0.3, -0.25) is 4.79 Å². The van der Waals surface area contributed by atoms with Gasteiger partial charge in [-0.15, -0.1) is 0 Å². The van der Waals surface area contributed by atoms with Crippen molar-refractivity contribution in [2.24, 2.45) is 5.41 Å². The van der Waals surface area contributed by atoms with Crippen molar-refractivity contribution in [1.29, 1.82) is 0 Å². The van der Waals surface area contributed by atoms with Gasteiger partial charge in [-0.2, -0.15) is 0 Å². The van der Waals surface area contributed by atoms with Crippen LogP contribution in [0.25, 0.3) is 0 Å². The van der Waals surface area contributed by atoms with E-state index in [2.05, 4.69) is 23.8 Å². The quantitative estimate of drug-likeness (QED) is 0.753. The van der Waals surface area contributed by atoms with Crippen molar-refractivity contribution in [3.05, 3.63) is 0 Å². The number of ketones is 1. The van der Waals surface area contributed by atoms with Crippen LogP contribution in [0.15, 0.2) is 0 Å². The van der Waals surface area contributed by atoms with Crippen LogP contribution in [0.3, 0.4) is 0 Å². The van der Waals surface area contributed by atoms with E-state index < -0.39 is 0 Å². The monoisotopic (exact) mass is 254 g/mol. The first-order valence-electron chi connectivity index (χ1n) is 7.30.